The lowest BCUT2D eigenvalue weighted by Gasteiger charge is -2.12. The molecule has 6 aromatic rings. The van der Waals surface area contributed by atoms with E-state index < -0.39 is 0 Å². The number of rotatable bonds is 4. The van der Waals surface area contributed by atoms with E-state index in [0.29, 0.717) is 16.8 Å². The van der Waals surface area contributed by atoms with E-state index in [1.165, 1.54) is 0 Å². The molecule has 6 rings (SSSR count). The number of hydrogen-bond acceptors (Lipinski definition) is 6. The highest BCUT2D eigenvalue weighted by atomic mass is 32.1. The van der Waals surface area contributed by atoms with Gasteiger partial charge in [0.05, 0.1) is 22.5 Å². The maximum absolute atomic E-state index is 13.6. The second-order valence-corrected chi connectivity index (χ2v) is 10.9. The van der Waals surface area contributed by atoms with E-state index in [9.17, 15) is 9.90 Å². The molecule has 0 aliphatic rings. The average molecular weight is 508 g/mol. The monoisotopic (exact) mass is 507 g/mol. The van der Waals surface area contributed by atoms with Gasteiger partial charge in [-0.2, -0.15) is 0 Å². The molecule has 0 bridgehead atoms. The van der Waals surface area contributed by atoms with Crippen molar-refractivity contribution < 1.29 is 5.11 Å². The van der Waals surface area contributed by atoms with Crippen LogP contribution >= 0.6 is 22.7 Å². The first-order valence-electron chi connectivity index (χ1n) is 11.4. The van der Waals surface area contributed by atoms with E-state index in [4.69, 9.17) is 9.97 Å². The van der Waals surface area contributed by atoms with Gasteiger partial charge in [-0.15, -0.1) is 22.7 Å². The normalized spacial score (nSPS) is 11.3. The number of benzene rings is 3. The Labute approximate surface area is 215 Å². The Balaban J connectivity index is 1.65. The second kappa shape index (κ2) is 8.86. The molecule has 3 aromatic heterocycles. The highest BCUT2D eigenvalue weighted by molar-refractivity contribution is 7.15. The second-order valence-electron chi connectivity index (χ2n) is 8.51. The predicted octanol–water partition coefficient (Wildman–Crippen LogP) is 7.43. The summed E-state index contributed by atoms with van der Waals surface area (Å²) in [5.41, 5.74) is 4.98. The Morgan fingerprint density at radius 3 is 1.81 bits per heavy atom. The molecular formula is C29H21N3O2S2. The van der Waals surface area contributed by atoms with Crippen molar-refractivity contribution in [1.82, 2.24) is 15.0 Å². The Bertz CT molecular complexity index is 1780. The van der Waals surface area contributed by atoms with Crippen LogP contribution in [0.1, 0.15) is 9.75 Å². The van der Waals surface area contributed by atoms with E-state index >= 15 is 0 Å². The minimum absolute atomic E-state index is 0.0908. The first kappa shape index (κ1) is 22.4. The van der Waals surface area contributed by atoms with Crippen molar-refractivity contribution in [2.75, 3.05) is 0 Å². The molecule has 0 unspecified atom stereocenters. The van der Waals surface area contributed by atoms with Gasteiger partial charge in [-0.3, -0.25) is 4.79 Å². The van der Waals surface area contributed by atoms with E-state index in [1.807, 2.05) is 80.6 Å². The third-order valence-electron chi connectivity index (χ3n) is 6.11. The molecule has 2 N–H and O–H groups in total. The first-order valence-corrected chi connectivity index (χ1v) is 13.1. The van der Waals surface area contributed by atoms with Crippen LogP contribution < -0.4 is 5.56 Å². The van der Waals surface area contributed by atoms with Gasteiger partial charge in [0.25, 0.3) is 5.56 Å². The number of hydrogen-bond donors (Lipinski definition) is 2. The van der Waals surface area contributed by atoms with Crippen LogP contribution in [0.2, 0.25) is 0 Å². The molecular weight excluding hydrogens is 486 g/mol. The van der Waals surface area contributed by atoms with Crippen LogP contribution in [0.15, 0.2) is 83.7 Å². The van der Waals surface area contributed by atoms with Crippen LogP contribution in [0.3, 0.4) is 0 Å². The van der Waals surface area contributed by atoms with Crippen LogP contribution in [-0.2, 0) is 0 Å². The SMILES string of the molecule is Cc1sc(-c2ccccc2)nc1-c1c(-c2nc(-c3ccccc3)sc2C)c2ccc(O)cc2[nH]c1=O. The number of aryl methyl sites for hydroxylation is 2. The van der Waals surface area contributed by atoms with Crippen LogP contribution in [0, 0.1) is 13.8 Å². The zero-order valence-corrected chi connectivity index (χ0v) is 21.2. The standard InChI is InChI=1S/C29H21N3O2S2/c1-16-25(31-28(35-16)18-9-5-3-6-10-18)23-21-14-13-20(33)15-22(21)30-27(34)24(23)26-17(2)36-29(32-26)19-11-7-4-8-12-19/h3-15,33H,1-2H3,(H,30,34). The first-order chi connectivity index (χ1) is 17.5. The number of nitrogens with one attached hydrogen (secondary N) is 1. The van der Waals surface area contributed by atoms with Crippen molar-refractivity contribution >= 4 is 33.6 Å². The summed E-state index contributed by atoms with van der Waals surface area (Å²) in [6.07, 6.45) is 0. The lowest BCUT2D eigenvalue weighted by atomic mass is 9.97. The van der Waals surface area contributed by atoms with Crippen molar-refractivity contribution in [3.63, 3.8) is 0 Å². The molecule has 7 heteroatoms. The fraction of sp³-hybridized carbons (Fsp3) is 0.0690. The summed E-state index contributed by atoms with van der Waals surface area (Å²) in [7, 11) is 0. The molecule has 5 nitrogen and oxygen atoms in total. The van der Waals surface area contributed by atoms with Crippen molar-refractivity contribution in [2.45, 2.75) is 13.8 Å². The van der Waals surface area contributed by atoms with E-state index in [1.54, 1.807) is 34.8 Å². The van der Waals surface area contributed by atoms with Gasteiger partial charge in [0.1, 0.15) is 15.8 Å². The van der Waals surface area contributed by atoms with Crippen molar-refractivity contribution in [1.29, 1.82) is 0 Å². The number of nitrogens with zero attached hydrogens (tertiary/aromatic N) is 2. The number of fused-ring (bicyclic) bond motifs is 1. The lowest BCUT2D eigenvalue weighted by molar-refractivity contribution is 0.476. The van der Waals surface area contributed by atoms with Gasteiger partial charge >= 0.3 is 0 Å². The van der Waals surface area contributed by atoms with Gasteiger partial charge in [0.15, 0.2) is 0 Å². The predicted molar refractivity (Wildman–Crippen MR) is 149 cm³/mol. The summed E-state index contributed by atoms with van der Waals surface area (Å²) < 4.78 is 0. The molecule has 3 aromatic carbocycles. The van der Waals surface area contributed by atoms with Crippen LogP contribution in [-0.4, -0.2) is 20.1 Å². The maximum Gasteiger partial charge on any atom is 0.258 e. The Morgan fingerprint density at radius 1 is 0.722 bits per heavy atom. The number of H-pyrrole nitrogens is 1. The number of phenols is 1. The topological polar surface area (TPSA) is 78.9 Å². The highest BCUT2D eigenvalue weighted by Crippen LogP contribution is 2.42. The molecule has 0 saturated heterocycles. The largest absolute Gasteiger partial charge is 0.508 e. The van der Waals surface area contributed by atoms with Crippen LogP contribution in [0.5, 0.6) is 5.75 Å². The summed E-state index contributed by atoms with van der Waals surface area (Å²) >= 11 is 3.17. The molecule has 0 aliphatic heterocycles. The van der Waals surface area contributed by atoms with Gasteiger partial charge in [-0.25, -0.2) is 9.97 Å². The lowest BCUT2D eigenvalue weighted by Crippen LogP contribution is -2.12. The summed E-state index contributed by atoms with van der Waals surface area (Å²) in [6, 6.07) is 25.1. The van der Waals surface area contributed by atoms with Crippen molar-refractivity contribution in [3.8, 4) is 49.4 Å². The van der Waals surface area contributed by atoms with E-state index in [0.717, 1.165) is 47.5 Å². The number of aromatic nitrogens is 3. The Kier molecular flexibility index (Phi) is 5.51. The zero-order valence-electron chi connectivity index (χ0n) is 19.6. The van der Waals surface area contributed by atoms with Crippen LogP contribution in [0.25, 0.3) is 54.6 Å². The van der Waals surface area contributed by atoms with E-state index in [-0.39, 0.29) is 11.3 Å². The third-order valence-corrected chi connectivity index (χ3v) is 8.15. The van der Waals surface area contributed by atoms with Gasteiger partial charge in [0, 0.05) is 37.9 Å². The highest BCUT2D eigenvalue weighted by Gasteiger charge is 2.25. The fourth-order valence-electron chi connectivity index (χ4n) is 4.42. The average Bonchev–Trinajstić information content (AvgIpc) is 3.46. The van der Waals surface area contributed by atoms with Crippen LogP contribution in [0.4, 0.5) is 0 Å². The molecule has 0 amide bonds. The number of thiazole rings is 2. The Hall–Kier alpha value is -4.07. The molecule has 0 spiro atoms. The maximum atomic E-state index is 13.6. The molecule has 0 aliphatic carbocycles. The molecule has 176 valence electrons. The van der Waals surface area contributed by atoms with Gasteiger partial charge in [-0.1, -0.05) is 60.7 Å². The minimum atomic E-state index is -0.259. The quantitative estimate of drug-likeness (QED) is 0.260. The number of phenolic OH excluding ortho intramolecular Hbond substituents is 1. The van der Waals surface area contributed by atoms with Gasteiger partial charge in [-0.05, 0) is 26.0 Å². The number of pyridine rings is 1. The molecule has 0 saturated carbocycles. The van der Waals surface area contributed by atoms with Gasteiger partial charge < -0.3 is 10.1 Å². The van der Waals surface area contributed by atoms with Crippen molar-refractivity contribution in [2.24, 2.45) is 0 Å². The summed E-state index contributed by atoms with van der Waals surface area (Å²) in [4.78, 5) is 28.5. The third kappa shape index (κ3) is 3.82. The summed E-state index contributed by atoms with van der Waals surface area (Å²) in [6.45, 7) is 4.02. The number of aromatic hydroxyl groups is 1. The van der Waals surface area contributed by atoms with Gasteiger partial charge in [0.2, 0.25) is 0 Å². The molecule has 36 heavy (non-hydrogen) atoms. The summed E-state index contributed by atoms with van der Waals surface area (Å²) in [5.74, 6) is 0.0908. The number of aromatic amines is 1. The fourth-order valence-corrected chi connectivity index (χ4v) is 6.27. The molecule has 3 heterocycles. The Morgan fingerprint density at radius 2 is 1.25 bits per heavy atom. The molecule has 0 atom stereocenters. The molecule has 0 fully saturated rings. The smallest absolute Gasteiger partial charge is 0.258 e. The van der Waals surface area contributed by atoms with Crippen molar-refractivity contribution in [3.05, 3.63) is 99.0 Å². The van der Waals surface area contributed by atoms with E-state index in [2.05, 4.69) is 4.98 Å². The zero-order chi connectivity index (χ0) is 24.8. The molecule has 0 radical (unpaired) electrons. The minimum Gasteiger partial charge on any atom is -0.508 e. The summed E-state index contributed by atoms with van der Waals surface area (Å²) in [5, 5.41) is 12.7.